The molecule has 1 saturated heterocycles. The van der Waals surface area contributed by atoms with E-state index in [9.17, 15) is 14.7 Å². The maximum atomic E-state index is 13.0. The Morgan fingerprint density at radius 3 is 2.53 bits per heavy atom. The van der Waals surface area contributed by atoms with E-state index in [1.807, 2.05) is 6.92 Å². The summed E-state index contributed by atoms with van der Waals surface area (Å²) in [7, 11) is 1.59. The van der Waals surface area contributed by atoms with Crippen LogP contribution in [0.5, 0.6) is 5.75 Å². The lowest BCUT2D eigenvalue weighted by Gasteiger charge is -2.25. The van der Waals surface area contributed by atoms with Crippen LogP contribution in [-0.4, -0.2) is 53.5 Å². The highest BCUT2D eigenvalue weighted by molar-refractivity contribution is 6.46. The van der Waals surface area contributed by atoms with Crippen molar-refractivity contribution in [3.8, 4) is 5.75 Å². The monoisotopic (exact) mass is 438 g/mol. The molecule has 1 unspecified atom stereocenters. The van der Waals surface area contributed by atoms with Gasteiger partial charge in [-0.15, -0.1) is 0 Å². The number of ketones is 1. The number of hydrogen-bond acceptors (Lipinski definition) is 6. The number of aryl methyl sites for hydroxylation is 1. The van der Waals surface area contributed by atoms with E-state index in [2.05, 4.69) is 11.9 Å². The Balaban J connectivity index is 2.01. The van der Waals surface area contributed by atoms with Crippen molar-refractivity contribution in [2.45, 2.75) is 39.2 Å². The Kier molecular flexibility index (Phi) is 8.00. The molecular formula is C25H30N2O5. The number of benzene rings is 1. The first-order valence-corrected chi connectivity index (χ1v) is 10.9. The van der Waals surface area contributed by atoms with Gasteiger partial charge in [0.15, 0.2) is 0 Å². The van der Waals surface area contributed by atoms with Crippen LogP contribution in [0.25, 0.3) is 5.76 Å². The number of Topliss-reactive ketones (excluding diaryl/α,β-unsaturated/α-hetero) is 1. The molecule has 1 aromatic heterocycles. The zero-order chi connectivity index (χ0) is 23.1. The number of likely N-dealkylation sites (tertiary alicyclic amines) is 1. The van der Waals surface area contributed by atoms with Crippen molar-refractivity contribution in [1.29, 1.82) is 0 Å². The van der Waals surface area contributed by atoms with E-state index in [-0.39, 0.29) is 11.3 Å². The normalized spacial score (nSPS) is 17.7. The van der Waals surface area contributed by atoms with Crippen LogP contribution in [0.15, 0.2) is 48.3 Å². The highest BCUT2D eigenvalue weighted by Crippen LogP contribution is 2.39. The first-order chi connectivity index (χ1) is 15.5. The summed E-state index contributed by atoms with van der Waals surface area (Å²) >= 11 is 0. The Morgan fingerprint density at radius 1 is 1.12 bits per heavy atom. The first kappa shape index (κ1) is 23.5. The van der Waals surface area contributed by atoms with Crippen molar-refractivity contribution in [2.24, 2.45) is 0 Å². The van der Waals surface area contributed by atoms with E-state index in [1.54, 1.807) is 49.8 Å². The average molecular weight is 439 g/mol. The quantitative estimate of drug-likeness (QED) is 0.261. The molecule has 1 aromatic carbocycles. The molecule has 2 heterocycles. The zero-order valence-electron chi connectivity index (χ0n) is 18.8. The summed E-state index contributed by atoms with van der Waals surface area (Å²) in [5.74, 6) is -0.772. The van der Waals surface area contributed by atoms with Gasteiger partial charge in [-0.05, 0) is 61.2 Å². The number of carbonyl (C=O) groups excluding carboxylic acids is 2. The van der Waals surface area contributed by atoms with Crippen molar-refractivity contribution >= 4 is 17.4 Å². The van der Waals surface area contributed by atoms with E-state index in [1.165, 1.54) is 4.90 Å². The van der Waals surface area contributed by atoms with Gasteiger partial charge in [-0.3, -0.25) is 14.6 Å². The second-order valence-electron chi connectivity index (χ2n) is 7.80. The zero-order valence-corrected chi connectivity index (χ0v) is 18.8. The minimum absolute atomic E-state index is 0.0812. The lowest BCUT2D eigenvalue weighted by Crippen LogP contribution is -2.31. The van der Waals surface area contributed by atoms with Gasteiger partial charge in [0.05, 0.1) is 18.2 Å². The second kappa shape index (κ2) is 10.9. The minimum atomic E-state index is -0.692. The first-order valence-electron chi connectivity index (χ1n) is 10.9. The molecule has 0 bridgehead atoms. The summed E-state index contributed by atoms with van der Waals surface area (Å²) < 4.78 is 10.9. The number of carbonyl (C=O) groups is 2. The van der Waals surface area contributed by atoms with Gasteiger partial charge >= 0.3 is 0 Å². The summed E-state index contributed by atoms with van der Waals surface area (Å²) in [5, 5.41) is 11.2. The highest BCUT2D eigenvalue weighted by Gasteiger charge is 2.45. The molecular weight excluding hydrogens is 408 g/mol. The maximum Gasteiger partial charge on any atom is 0.295 e. The summed E-state index contributed by atoms with van der Waals surface area (Å²) in [5.41, 5.74) is 2.12. The van der Waals surface area contributed by atoms with Gasteiger partial charge in [0.25, 0.3) is 11.7 Å². The van der Waals surface area contributed by atoms with Crippen LogP contribution in [0, 0.1) is 6.92 Å². The molecule has 170 valence electrons. The molecule has 7 heteroatoms. The Bertz CT molecular complexity index is 987. The fraction of sp³-hybridized carbons (Fsp3) is 0.400. The molecule has 0 radical (unpaired) electrons. The number of unbranched alkanes of at least 4 members (excludes halogenated alkanes) is 1. The van der Waals surface area contributed by atoms with Crippen LogP contribution in [0.4, 0.5) is 0 Å². The molecule has 0 aliphatic carbocycles. The van der Waals surface area contributed by atoms with E-state index in [0.717, 1.165) is 29.7 Å². The summed E-state index contributed by atoms with van der Waals surface area (Å²) in [4.78, 5) is 31.4. The van der Waals surface area contributed by atoms with Gasteiger partial charge in [-0.1, -0.05) is 13.3 Å². The number of amides is 1. The minimum Gasteiger partial charge on any atom is -0.507 e. The number of aromatic nitrogens is 1. The van der Waals surface area contributed by atoms with Crippen LogP contribution >= 0.6 is 0 Å². The largest absolute Gasteiger partial charge is 0.507 e. The Morgan fingerprint density at radius 2 is 1.88 bits per heavy atom. The molecule has 3 rings (SSSR count). The second-order valence-corrected chi connectivity index (χ2v) is 7.80. The van der Waals surface area contributed by atoms with Crippen LogP contribution in [0.1, 0.15) is 48.9 Å². The van der Waals surface area contributed by atoms with Crippen molar-refractivity contribution < 1.29 is 24.2 Å². The number of pyridine rings is 1. The average Bonchev–Trinajstić information content (AvgIpc) is 3.05. The lowest BCUT2D eigenvalue weighted by molar-refractivity contribution is -0.140. The van der Waals surface area contributed by atoms with Crippen molar-refractivity contribution in [1.82, 2.24) is 9.88 Å². The van der Waals surface area contributed by atoms with Gasteiger partial charge in [-0.2, -0.15) is 0 Å². The molecule has 1 aliphatic heterocycles. The standard InChI is InChI=1S/C25H30N2O5/c1-4-5-15-32-20-8-7-19(16-17(20)2)23(28)21-22(18-9-11-26-12-10-18)27(13-6-14-31-3)25(30)24(21)29/h7-12,16,22,28H,4-6,13-15H2,1-3H3/b23-21+. The molecule has 1 atom stereocenters. The van der Waals surface area contributed by atoms with Crippen LogP contribution in [-0.2, 0) is 14.3 Å². The third-order valence-corrected chi connectivity index (χ3v) is 5.51. The van der Waals surface area contributed by atoms with E-state index >= 15 is 0 Å². The molecule has 1 aliphatic rings. The molecule has 7 nitrogen and oxygen atoms in total. The topological polar surface area (TPSA) is 89.0 Å². The molecule has 2 aromatic rings. The van der Waals surface area contributed by atoms with Crippen LogP contribution < -0.4 is 4.74 Å². The number of rotatable bonds is 10. The number of nitrogens with zero attached hydrogens (tertiary/aromatic N) is 2. The van der Waals surface area contributed by atoms with Gasteiger partial charge in [0.1, 0.15) is 11.5 Å². The Hall–Kier alpha value is -3.19. The number of aliphatic hydroxyl groups excluding tert-OH is 1. The molecule has 0 saturated carbocycles. The molecule has 1 N–H and O–H groups in total. The predicted molar refractivity (Wildman–Crippen MR) is 121 cm³/mol. The summed E-state index contributed by atoms with van der Waals surface area (Å²) in [6.07, 6.45) is 5.79. The molecule has 1 fully saturated rings. The molecule has 1 amide bonds. The number of ether oxygens (including phenoxy) is 2. The number of hydrogen-bond donors (Lipinski definition) is 1. The van der Waals surface area contributed by atoms with Crippen LogP contribution in [0.3, 0.4) is 0 Å². The van der Waals surface area contributed by atoms with Crippen LogP contribution in [0.2, 0.25) is 0 Å². The Labute approximate surface area is 188 Å². The predicted octanol–water partition coefficient (Wildman–Crippen LogP) is 4.03. The number of methoxy groups -OCH3 is 1. The van der Waals surface area contributed by atoms with E-state index < -0.39 is 17.7 Å². The lowest BCUT2D eigenvalue weighted by atomic mass is 9.95. The maximum absolute atomic E-state index is 13.0. The SMILES string of the molecule is CCCCOc1ccc(/C(O)=C2\C(=O)C(=O)N(CCCOC)C2c2ccncc2)cc1C. The van der Waals surface area contributed by atoms with Gasteiger partial charge < -0.3 is 19.5 Å². The highest BCUT2D eigenvalue weighted by atomic mass is 16.5. The third-order valence-electron chi connectivity index (χ3n) is 5.51. The third kappa shape index (κ3) is 4.99. The van der Waals surface area contributed by atoms with Crippen molar-refractivity contribution in [2.75, 3.05) is 26.9 Å². The van der Waals surface area contributed by atoms with Gasteiger partial charge in [-0.25, -0.2) is 0 Å². The summed E-state index contributed by atoms with van der Waals surface area (Å²) in [6, 6.07) is 8.10. The molecule has 32 heavy (non-hydrogen) atoms. The van der Waals surface area contributed by atoms with E-state index in [4.69, 9.17) is 9.47 Å². The molecule has 0 spiro atoms. The number of aliphatic hydroxyl groups is 1. The van der Waals surface area contributed by atoms with Gasteiger partial charge in [0.2, 0.25) is 0 Å². The van der Waals surface area contributed by atoms with Gasteiger partial charge in [0, 0.05) is 38.2 Å². The van der Waals surface area contributed by atoms with Crippen molar-refractivity contribution in [3.05, 3.63) is 65.0 Å². The fourth-order valence-electron chi connectivity index (χ4n) is 3.82. The van der Waals surface area contributed by atoms with Crippen molar-refractivity contribution in [3.63, 3.8) is 0 Å². The summed E-state index contributed by atoms with van der Waals surface area (Å²) in [6.45, 7) is 5.41. The van der Waals surface area contributed by atoms with E-state index in [0.29, 0.717) is 31.7 Å². The smallest absolute Gasteiger partial charge is 0.295 e. The fourth-order valence-corrected chi connectivity index (χ4v) is 3.82.